The van der Waals surface area contributed by atoms with Crippen molar-refractivity contribution in [3.05, 3.63) is 65.5 Å². The Labute approximate surface area is 244 Å². The summed E-state index contributed by atoms with van der Waals surface area (Å²) < 4.78 is 19.0. The van der Waals surface area contributed by atoms with Crippen molar-refractivity contribution in [1.82, 2.24) is 26.6 Å². The molecule has 0 unspecified atom stereocenters. The van der Waals surface area contributed by atoms with Crippen LogP contribution in [0.2, 0.25) is 0 Å². The van der Waals surface area contributed by atoms with Crippen molar-refractivity contribution < 1.29 is 33.1 Å². The zero-order valence-electron chi connectivity index (χ0n) is 24.2. The highest BCUT2D eigenvalue weighted by Crippen LogP contribution is 2.19. The number of carbonyl (C=O) groups excluding carboxylic acids is 5. The first kappa shape index (κ1) is 32.0. The molecule has 226 valence electrons. The van der Waals surface area contributed by atoms with E-state index >= 15 is 0 Å². The average molecular weight is 584 g/mol. The van der Waals surface area contributed by atoms with Crippen LogP contribution in [0.1, 0.15) is 50.0 Å². The number of fused-ring (bicyclic) bond motifs is 1. The van der Waals surface area contributed by atoms with Crippen molar-refractivity contribution in [3.63, 3.8) is 0 Å². The highest BCUT2D eigenvalue weighted by Gasteiger charge is 2.30. The molecule has 0 saturated heterocycles. The lowest BCUT2D eigenvalue weighted by atomic mass is 10.0. The summed E-state index contributed by atoms with van der Waals surface area (Å²) in [6.07, 6.45) is -0.0609. The molecule has 3 rings (SSSR count). The predicted molar refractivity (Wildman–Crippen MR) is 153 cm³/mol. The summed E-state index contributed by atoms with van der Waals surface area (Å²) in [6.45, 7) is 6.95. The molecule has 2 aromatic carbocycles. The zero-order chi connectivity index (χ0) is 30.8. The van der Waals surface area contributed by atoms with E-state index in [1.54, 1.807) is 51.1 Å². The summed E-state index contributed by atoms with van der Waals surface area (Å²) in [6, 6.07) is 8.60. The number of rotatable bonds is 5. The molecule has 0 aromatic heterocycles. The summed E-state index contributed by atoms with van der Waals surface area (Å²) in [4.78, 5) is 65.2. The number of hydrogen-bond acceptors (Lipinski definition) is 6. The second kappa shape index (κ2) is 14.9. The summed E-state index contributed by atoms with van der Waals surface area (Å²) in [7, 11) is 0. The van der Waals surface area contributed by atoms with Gasteiger partial charge in [-0.2, -0.15) is 0 Å². The number of benzene rings is 2. The number of amides is 5. The normalized spacial score (nSPS) is 22.4. The molecule has 12 heteroatoms. The lowest BCUT2D eigenvalue weighted by molar-refractivity contribution is -0.133. The number of para-hydroxylation sites is 1. The van der Waals surface area contributed by atoms with E-state index in [0.29, 0.717) is 6.42 Å². The lowest BCUT2D eigenvalue weighted by Gasteiger charge is -2.25. The fraction of sp³-hybridized carbons (Fsp3) is 0.433. The van der Waals surface area contributed by atoms with Crippen molar-refractivity contribution >= 4 is 29.5 Å². The summed E-state index contributed by atoms with van der Waals surface area (Å²) >= 11 is 0. The molecule has 0 radical (unpaired) electrons. The highest BCUT2D eigenvalue weighted by molar-refractivity contribution is 6.01. The molecule has 1 aliphatic rings. The Kier molecular flexibility index (Phi) is 11.4. The van der Waals surface area contributed by atoms with E-state index in [0.717, 1.165) is 5.56 Å². The Bertz CT molecular complexity index is 1290. The van der Waals surface area contributed by atoms with Crippen LogP contribution >= 0.6 is 0 Å². The SMILES string of the molecule is CC(C)[C@H]1NC(=O)[C@H](C)NC(=O)C[C@@H](C(=O)NCCc2ccc(F)cc2)NC(=O)c2ccccc2OC[C@H](C)NC1=O. The largest absolute Gasteiger partial charge is 0.491 e. The van der Waals surface area contributed by atoms with Gasteiger partial charge in [0.05, 0.1) is 18.0 Å². The minimum atomic E-state index is -1.28. The third kappa shape index (κ3) is 9.28. The predicted octanol–water partition coefficient (Wildman–Crippen LogP) is 1.22. The van der Waals surface area contributed by atoms with Crippen LogP contribution in [0.5, 0.6) is 5.75 Å². The second-order valence-electron chi connectivity index (χ2n) is 10.6. The molecule has 5 amide bonds. The van der Waals surface area contributed by atoms with E-state index in [1.165, 1.54) is 25.1 Å². The summed E-state index contributed by atoms with van der Waals surface area (Å²) in [5.41, 5.74) is 0.926. The van der Waals surface area contributed by atoms with Crippen LogP contribution in [-0.2, 0) is 25.6 Å². The highest BCUT2D eigenvalue weighted by atomic mass is 19.1. The van der Waals surface area contributed by atoms with Crippen LogP contribution in [0.4, 0.5) is 4.39 Å². The Morgan fingerprint density at radius 2 is 1.64 bits per heavy atom. The summed E-state index contributed by atoms with van der Waals surface area (Å²) in [5, 5.41) is 13.3. The minimum Gasteiger partial charge on any atom is -0.491 e. The Hall–Kier alpha value is -4.48. The van der Waals surface area contributed by atoms with Crippen LogP contribution in [0.15, 0.2) is 48.5 Å². The Balaban J connectivity index is 1.84. The molecule has 42 heavy (non-hydrogen) atoms. The van der Waals surface area contributed by atoms with Crippen molar-refractivity contribution in [3.8, 4) is 5.75 Å². The van der Waals surface area contributed by atoms with Crippen LogP contribution in [0.3, 0.4) is 0 Å². The van der Waals surface area contributed by atoms with Gasteiger partial charge >= 0.3 is 0 Å². The van der Waals surface area contributed by atoms with E-state index in [4.69, 9.17) is 4.74 Å². The molecule has 5 N–H and O–H groups in total. The molecule has 0 spiro atoms. The molecule has 4 atom stereocenters. The molecule has 0 aliphatic carbocycles. The zero-order valence-corrected chi connectivity index (χ0v) is 24.2. The molecular weight excluding hydrogens is 545 g/mol. The first-order chi connectivity index (χ1) is 19.9. The maximum absolute atomic E-state index is 13.3. The number of hydrogen-bond donors (Lipinski definition) is 5. The van der Waals surface area contributed by atoms with Crippen LogP contribution < -0.4 is 31.3 Å². The quantitative estimate of drug-likeness (QED) is 0.357. The maximum atomic E-state index is 13.3. The molecule has 0 saturated carbocycles. The van der Waals surface area contributed by atoms with E-state index in [9.17, 15) is 28.4 Å². The van der Waals surface area contributed by atoms with E-state index < -0.39 is 60.1 Å². The molecule has 0 bridgehead atoms. The minimum absolute atomic E-state index is 0.0263. The van der Waals surface area contributed by atoms with Gasteiger partial charge in [-0.05, 0) is 56.0 Å². The van der Waals surface area contributed by atoms with Gasteiger partial charge in [0.25, 0.3) is 5.91 Å². The molecule has 1 heterocycles. The van der Waals surface area contributed by atoms with Gasteiger partial charge in [-0.1, -0.05) is 38.1 Å². The molecule has 2 aromatic rings. The summed E-state index contributed by atoms with van der Waals surface area (Å²) in [5.74, 6) is -3.32. The van der Waals surface area contributed by atoms with Crippen molar-refractivity contribution in [2.45, 2.75) is 64.7 Å². The number of carbonyl (C=O) groups is 5. The van der Waals surface area contributed by atoms with E-state index in [2.05, 4.69) is 26.6 Å². The third-order valence-electron chi connectivity index (χ3n) is 6.66. The Morgan fingerprint density at radius 3 is 2.33 bits per heavy atom. The van der Waals surface area contributed by atoms with Crippen molar-refractivity contribution in [2.24, 2.45) is 5.92 Å². The molecular formula is C30H38FN5O6. The van der Waals surface area contributed by atoms with Gasteiger partial charge in [0.15, 0.2) is 0 Å². The first-order valence-corrected chi connectivity index (χ1v) is 13.9. The fourth-order valence-electron chi connectivity index (χ4n) is 4.28. The smallest absolute Gasteiger partial charge is 0.255 e. The number of nitrogens with one attached hydrogen (secondary N) is 5. The van der Waals surface area contributed by atoms with Gasteiger partial charge in [-0.25, -0.2) is 4.39 Å². The molecule has 0 fully saturated rings. The van der Waals surface area contributed by atoms with Crippen LogP contribution in [0.25, 0.3) is 0 Å². The van der Waals surface area contributed by atoms with Gasteiger partial charge in [0.2, 0.25) is 23.6 Å². The van der Waals surface area contributed by atoms with Gasteiger partial charge in [-0.15, -0.1) is 0 Å². The third-order valence-corrected chi connectivity index (χ3v) is 6.66. The van der Waals surface area contributed by atoms with Crippen LogP contribution in [-0.4, -0.2) is 66.9 Å². The van der Waals surface area contributed by atoms with Gasteiger partial charge < -0.3 is 31.3 Å². The van der Waals surface area contributed by atoms with Crippen molar-refractivity contribution in [1.29, 1.82) is 0 Å². The lowest BCUT2D eigenvalue weighted by Crippen LogP contribution is -2.56. The molecule has 11 nitrogen and oxygen atoms in total. The number of halogens is 1. The maximum Gasteiger partial charge on any atom is 0.255 e. The average Bonchev–Trinajstić information content (AvgIpc) is 2.94. The topological polar surface area (TPSA) is 155 Å². The van der Waals surface area contributed by atoms with E-state index in [1.807, 2.05) is 0 Å². The van der Waals surface area contributed by atoms with Gasteiger partial charge in [-0.3, -0.25) is 24.0 Å². The second-order valence-corrected chi connectivity index (χ2v) is 10.6. The number of ether oxygens (including phenoxy) is 1. The van der Waals surface area contributed by atoms with Crippen molar-refractivity contribution in [2.75, 3.05) is 13.2 Å². The fourth-order valence-corrected chi connectivity index (χ4v) is 4.28. The standard InChI is InChI=1S/C30H38FN5O6/c1-17(2)26-30(41)33-18(3)16-42-24-8-6-5-7-22(24)28(39)35-23(15-25(37)34-19(4)27(38)36-26)29(40)32-14-13-20-9-11-21(31)12-10-20/h5-12,17-19,23,26H,13-16H2,1-4H3,(H,32,40)(H,33,41)(H,34,37)(H,35,39)(H,36,38)/t18-,19-,23-,26+/m0/s1. The molecule has 1 aliphatic heterocycles. The Morgan fingerprint density at radius 1 is 0.952 bits per heavy atom. The van der Waals surface area contributed by atoms with Gasteiger partial charge in [0.1, 0.15) is 36.3 Å². The van der Waals surface area contributed by atoms with E-state index in [-0.39, 0.29) is 36.2 Å². The monoisotopic (exact) mass is 583 g/mol. The van der Waals surface area contributed by atoms with Gasteiger partial charge in [0, 0.05) is 6.54 Å². The van der Waals surface area contributed by atoms with Crippen LogP contribution in [0, 0.1) is 11.7 Å². The first-order valence-electron chi connectivity index (χ1n) is 13.9.